The van der Waals surface area contributed by atoms with Gasteiger partial charge in [0.05, 0.1) is 9.79 Å². The molecule has 0 saturated heterocycles. The topological polar surface area (TPSA) is 161 Å². The first-order chi connectivity index (χ1) is 11.6. The number of primary sulfonamides is 2. The maximum atomic E-state index is 11.2. The summed E-state index contributed by atoms with van der Waals surface area (Å²) in [6.07, 6.45) is -0.234. The largest absolute Gasteiger partial charge is 0.359 e. The molecule has 134 valence electrons. The summed E-state index contributed by atoms with van der Waals surface area (Å²) in [5.74, 6) is 0. The van der Waals surface area contributed by atoms with E-state index in [2.05, 4.69) is 10.6 Å². The van der Waals surface area contributed by atoms with Crippen LogP contribution in [0.15, 0.2) is 58.3 Å². The number of sulfonamides is 2. The minimum atomic E-state index is -3.79. The Hall–Kier alpha value is -2.47. The minimum absolute atomic E-state index is 0.0488. The third kappa shape index (κ3) is 5.26. The van der Waals surface area contributed by atoms with Gasteiger partial charge in [0.1, 0.15) is 0 Å². The van der Waals surface area contributed by atoms with Crippen molar-refractivity contribution in [2.75, 3.05) is 10.6 Å². The predicted octanol–water partition coefficient (Wildman–Crippen LogP) is 0.0304. The van der Waals surface area contributed by atoms with Gasteiger partial charge in [0.15, 0.2) is 12.5 Å². The summed E-state index contributed by atoms with van der Waals surface area (Å²) < 4.78 is 44.8. The number of benzene rings is 2. The molecule has 0 saturated carbocycles. The van der Waals surface area contributed by atoms with Gasteiger partial charge in [0.25, 0.3) is 0 Å². The molecular weight excluding hydrogens is 368 g/mol. The maximum Gasteiger partial charge on any atom is 0.238 e. The predicted molar refractivity (Wildman–Crippen MR) is 92.7 cm³/mol. The number of carbonyl (C=O) groups is 1. The fourth-order valence-electron chi connectivity index (χ4n) is 1.94. The molecule has 0 fully saturated rings. The quantitative estimate of drug-likeness (QED) is 0.387. The van der Waals surface area contributed by atoms with Crippen LogP contribution in [0, 0.1) is 0 Å². The highest BCUT2D eigenvalue weighted by Crippen LogP contribution is 2.16. The normalized spacial score (nSPS) is 12.0. The average Bonchev–Trinajstić information content (AvgIpc) is 2.53. The SMILES string of the molecule is NS(=O)(=O)c1ccc(NC(C=O)Nc2ccc(S(N)(=O)=O)cc2)cc1. The Bertz CT molecular complexity index is 878. The Morgan fingerprint density at radius 2 is 1.04 bits per heavy atom. The van der Waals surface area contributed by atoms with Gasteiger partial charge in [-0.2, -0.15) is 0 Å². The lowest BCUT2D eigenvalue weighted by Gasteiger charge is -2.17. The molecule has 11 heteroatoms. The van der Waals surface area contributed by atoms with Crippen molar-refractivity contribution in [1.29, 1.82) is 0 Å². The molecule has 0 spiro atoms. The molecule has 6 N–H and O–H groups in total. The average molecular weight is 384 g/mol. The van der Waals surface area contributed by atoms with Crippen molar-refractivity contribution in [3.63, 3.8) is 0 Å². The summed E-state index contributed by atoms with van der Waals surface area (Å²) in [5, 5.41) is 15.7. The van der Waals surface area contributed by atoms with Crippen LogP contribution in [0.1, 0.15) is 0 Å². The van der Waals surface area contributed by atoms with Crippen LogP contribution in [-0.2, 0) is 24.8 Å². The molecule has 9 nitrogen and oxygen atoms in total. The molecule has 0 radical (unpaired) electrons. The van der Waals surface area contributed by atoms with Gasteiger partial charge < -0.3 is 10.6 Å². The number of carbonyl (C=O) groups excluding carboxylic acids is 1. The molecular formula is C14H16N4O5S2. The zero-order valence-electron chi connectivity index (χ0n) is 12.8. The lowest BCUT2D eigenvalue weighted by atomic mass is 10.3. The second kappa shape index (κ2) is 7.19. The van der Waals surface area contributed by atoms with Crippen LogP contribution >= 0.6 is 0 Å². The minimum Gasteiger partial charge on any atom is -0.359 e. The second-order valence-electron chi connectivity index (χ2n) is 5.04. The lowest BCUT2D eigenvalue weighted by Crippen LogP contribution is -2.30. The molecule has 2 aromatic carbocycles. The maximum absolute atomic E-state index is 11.2. The first-order valence-corrected chi connectivity index (χ1v) is 9.93. The zero-order valence-corrected chi connectivity index (χ0v) is 14.4. The van der Waals surface area contributed by atoms with Crippen molar-refractivity contribution in [3.8, 4) is 0 Å². The van der Waals surface area contributed by atoms with Gasteiger partial charge in [-0.15, -0.1) is 0 Å². The van der Waals surface area contributed by atoms with E-state index in [1.54, 1.807) is 0 Å². The van der Waals surface area contributed by atoms with Crippen LogP contribution < -0.4 is 20.9 Å². The summed E-state index contributed by atoms with van der Waals surface area (Å²) in [6.45, 7) is 0. The molecule has 25 heavy (non-hydrogen) atoms. The zero-order chi connectivity index (χ0) is 18.7. The molecule has 0 amide bonds. The van der Waals surface area contributed by atoms with Gasteiger partial charge in [0.2, 0.25) is 20.0 Å². The fraction of sp³-hybridized carbons (Fsp3) is 0.0714. The molecule has 0 aromatic heterocycles. The van der Waals surface area contributed by atoms with E-state index in [1.165, 1.54) is 48.5 Å². The number of hydrogen-bond donors (Lipinski definition) is 4. The molecule has 2 rings (SSSR count). The molecule has 0 heterocycles. The Morgan fingerprint density at radius 1 is 0.720 bits per heavy atom. The first-order valence-electron chi connectivity index (χ1n) is 6.84. The highest BCUT2D eigenvalue weighted by molar-refractivity contribution is 7.89. The molecule has 2 aromatic rings. The first kappa shape index (κ1) is 18.9. The van der Waals surface area contributed by atoms with Crippen molar-refractivity contribution in [3.05, 3.63) is 48.5 Å². The standard InChI is InChI=1S/C14H16N4O5S2/c15-24(20,21)12-5-1-10(2-6-12)17-14(9-19)18-11-3-7-13(8-4-11)25(16,22)23/h1-9,14,17-18H,(H2,15,20,21)(H2,16,22,23). The Morgan fingerprint density at radius 3 is 1.28 bits per heavy atom. The van der Waals surface area contributed by atoms with Gasteiger partial charge in [-0.05, 0) is 48.5 Å². The van der Waals surface area contributed by atoms with Crippen molar-refractivity contribution in [2.45, 2.75) is 16.0 Å². The number of hydrogen-bond acceptors (Lipinski definition) is 7. The molecule has 0 atom stereocenters. The van der Waals surface area contributed by atoms with Gasteiger partial charge >= 0.3 is 0 Å². The van der Waals surface area contributed by atoms with Crippen molar-refractivity contribution in [2.24, 2.45) is 10.3 Å². The number of rotatable bonds is 7. The van der Waals surface area contributed by atoms with Crippen molar-refractivity contribution >= 4 is 37.7 Å². The van der Waals surface area contributed by atoms with E-state index < -0.39 is 26.2 Å². The van der Waals surface area contributed by atoms with E-state index in [9.17, 15) is 21.6 Å². The van der Waals surface area contributed by atoms with E-state index in [0.717, 1.165) is 0 Å². The third-order valence-electron chi connectivity index (χ3n) is 3.15. The molecule has 0 unspecified atom stereocenters. The number of anilines is 2. The fourth-order valence-corrected chi connectivity index (χ4v) is 2.98. The Labute approximate surface area is 145 Å². The lowest BCUT2D eigenvalue weighted by molar-refractivity contribution is -0.108. The number of aldehydes is 1. The van der Waals surface area contributed by atoms with E-state index in [4.69, 9.17) is 10.3 Å². The number of nitrogens with one attached hydrogen (secondary N) is 2. The molecule has 0 aliphatic carbocycles. The van der Waals surface area contributed by atoms with Crippen molar-refractivity contribution in [1.82, 2.24) is 0 Å². The molecule has 0 aliphatic rings. The van der Waals surface area contributed by atoms with E-state index in [1.807, 2.05) is 0 Å². The second-order valence-corrected chi connectivity index (χ2v) is 8.16. The highest BCUT2D eigenvalue weighted by atomic mass is 32.2. The van der Waals surface area contributed by atoms with E-state index >= 15 is 0 Å². The van der Waals surface area contributed by atoms with Gasteiger partial charge in [-0.3, -0.25) is 4.79 Å². The van der Waals surface area contributed by atoms with Gasteiger partial charge in [-0.25, -0.2) is 27.1 Å². The highest BCUT2D eigenvalue weighted by Gasteiger charge is 2.11. The van der Waals surface area contributed by atoms with Crippen LogP contribution in [0.5, 0.6) is 0 Å². The van der Waals surface area contributed by atoms with Crippen LogP contribution in [0.25, 0.3) is 0 Å². The molecule has 0 aliphatic heterocycles. The third-order valence-corrected chi connectivity index (χ3v) is 5.00. The van der Waals surface area contributed by atoms with Crippen LogP contribution in [0.3, 0.4) is 0 Å². The summed E-state index contributed by atoms with van der Waals surface area (Å²) in [7, 11) is -7.58. The van der Waals surface area contributed by atoms with Crippen LogP contribution in [0.4, 0.5) is 11.4 Å². The number of nitrogens with two attached hydrogens (primary N) is 2. The van der Waals surface area contributed by atoms with Crippen LogP contribution in [0.2, 0.25) is 0 Å². The summed E-state index contributed by atoms with van der Waals surface area (Å²) >= 11 is 0. The summed E-state index contributed by atoms with van der Waals surface area (Å²) in [6, 6.07) is 11.1. The van der Waals surface area contributed by atoms with E-state index in [0.29, 0.717) is 17.7 Å². The summed E-state index contributed by atoms with van der Waals surface area (Å²) in [5.41, 5.74) is 0.969. The Balaban J connectivity index is 2.09. The van der Waals surface area contributed by atoms with Gasteiger partial charge in [-0.1, -0.05) is 0 Å². The van der Waals surface area contributed by atoms with Gasteiger partial charge in [0, 0.05) is 11.4 Å². The monoisotopic (exact) mass is 384 g/mol. The smallest absolute Gasteiger partial charge is 0.238 e. The summed E-state index contributed by atoms with van der Waals surface area (Å²) in [4.78, 5) is 11.1. The Kier molecular flexibility index (Phi) is 5.42. The van der Waals surface area contributed by atoms with Crippen molar-refractivity contribution < 1.29 is 21.6 Å². The van der Waals surface area contributed by atoms with Crippen LogP contribution in [-0.4, -0.2) is 29.3 Å². The molecule has 0 bridgehead atoms. The van der Waals surface area contributed by atoms with E-state index in [-0.39, 0.29) is 9.79 Å².